The molecule has 1 atom stereocenters. The summed E-state index contributed by atoms with van der Waals surface area (Å²) in [5, 5.41) is 7.78. The van der Waals surface area contributed by atoms with Gasteiger partial charge in [0.05, 0.1) is 10.5 Å². The lowest BCUT2D eigenvalue weighted by atomic mass is 9.84. The van der Waals surface area contributed by atoms with E-state index in [1.165, 1.54) is 11.3 Å². The zero-order chi connectivity index (χ0) is 19.6. The number of piperazine rings is 1. The quantitative estimate of drug-likeness (QED) is 0.800. The molecule has 1 aromatic rings. The Morgan fingerprint density at radius 1 is 1.26 bits per heavy atom. The number of nitrogens with one attached hydrogen (secondary N) is 1. The van der Waals surface area contributed by atoms with Gasteiger partial charge in [0.1, 0.15) is 11.9 Å². The first kappa shape index (κ1) is 19.8. The summed E-state index contributed by atoms with van der Waals surface area (Å²) in [7, 11) is -4.06. The molecule has 0 bridgehead atoms. The molecule has 1 aliphatic heterocycles. The van der Waals surface area contributed by atoms with Crippen molar-refractivity contribution < 1.29 is 22.4 Å². The van der Waals surface area contributed by atoms with Gasteiger partial charge in [0.2, 0.25) is 15.9 Å². The second-order valence-electron chi connectivity index (χ2n) is 7.23. The minimum absolute atomic E-state index is 0.221. The lowest BCUT2D eigenvalue weighted by Gasteiger charge is -2.37. The van der Waals surface area contributed by atoms with Crippen LogP contribution < -0.4 is 10.5 Å². The van der Waals surface area contributed by atoms with E-state index in [1.807, 2.05) is 0 Å². The van der Waals surface area contributed by atoms with E-state index < -0.39 is 32.7 Å². The minimum atomic E-state index is -4.06. The van der Waals surface area contributed by atoms with Gasteiger partial charge in [-0.15, -0.1) is 0 Å². The average Bonchev–Trinajstić information content (AvgIpc) is 2.63. The van der Waals surface area contributed by atoms with E-state index in [-0.39, 0.29) is 11.5 Å². The van der Waals surface area contributed by atoms with Crippen LogP contribution in [0, 0.1) is 11.7 Å². The van der Waals surface area contributed by atoms with Crippen LogP contribution in [0.1, 0.15) is 48.9 Å². The van der Waals surface area contributed by atoms with Gasteiger partial charge in [0, 0.05) is 13.1 Å². The number of nitrogens with two attached hydrogens (primary N) is 1. The van der Waals surface area contributed by atoms with E-state index in [9.17, 15) is 22.4 Å². The summed E-state index contributed by atoms with van der Waals surface area (Å²) >= 11 is 0. The van der Waals surface area contributed by atoms with Gasteiger partial charge < -0.3 is 10.2 Å². The molecule has 148 valence electrons. The van der Waals surface area contributed by atoms with Crippen LogP contribution in [0.3, 0.4) is 0 Å². The number of primary sulfonamides is 1. The maximum Gasteiger partial charge on any atom is 0.257 e. The Hall–Kier alpha value is -2.00. The highest BCUT2D eigenvalue weighted by Crippen LogP contribution is 2.30. The number of carbonyl (C=O) groups is 2. The average molecular weight is 397 g/mol. The van der Waals surface area contributed by atoms with Gasteiger partial charge in [-0.1, -0.05) is 32.1 Å². The van der Waals surface area contributed by atoms with Crippen molar-refractivity contribution in [3.63, 3.8) is 0 Å². The van der Waals surface area contributed by atoms with Crippen LogP contribution in [0.2, 0.25) is 0 Å². The fourth-order valence-electron chi connectivity index (χ4n) is 3.93. The zero-order valence-electron chi connectivity index (χ0n) is 15.0. The fraction of sp³-hybridized carbons (Fsp3) is 0.556. The highest BCUT2D eigenvalue weighted by Gasteiger charge is 2.36. The standard InChI is InChI=1S/C18H24FN3O4S/c19-15-11-13(27(20,25)26)6-7-14(15)18(24)22-9-8-21-17(23)16(22)10-12-4-2-1-3-5-12/h6-7,11-12,16H,1-5,8-10H2,(H,21,23)(H2,20,25,26). The Labute approximate surface area is 158 Å². The first-order valence-corrected chi connectivity index (χ1v) is 10.7. The second kappa shape index (κ2) is 7.93. The molecule has 1 aliphatic carbocycles. The molecule has 0 aromatic heterocycles. The second-order valence-corrected chi connectivity index (χ2v) is 8.79. The Morgan fingerprint density at radius 2 is 1.96 bits per heavy atom. The maximum atomic E-state index is 14.4. The molecule has 2 amide bonds. The van der Waals surface area contributed by atoms with E-state index in [4.69, 9.17) is 5.14 Å². The SMILES string of the molecule is NS(=O)(=O)c1ccc(C(=O)N2CCNC(=O)C2CC2CCCCC2)c(F)c1. The van der Waals surface area contributed by atoms with Crippen LogP contribution in [0.25, 0.3) is 0 Å². The summed E-state index contributed by atoms with van der Waals surface area (Å²) in [6.07, 6.45) is 6.06. The highest BCUT2D eigenvalue weighted by molar-refractivity contribution is 7.89. The Bertz CT molecular complexity index is 837. The van der Waals surface area contributed by atoms with E-state index in [0.29, 0.717) is 25.4 Å². The molecule has 9 heteroatoms. The predicted molar refractivity (Wildman–Crippen MR) is 96.8 cm³/mol. The van der Waals surface area contributed by atoms with Crippen molar-refractivity contribution in [3.05, 3.63) is 29.6 Å². The Morgan fingerprint density at radius 3 is 2.59 bits per heavy atom. The Balaban J connectivity index is 1.83. The van der Waals surface area contributed by atoms with E-state index in [2.05, 4.69) is 5.32 Å². The molecule has 1 saturated heterocycles. The summed E-state index contributed by atoms with van der Waals surface area (Å²) in [4.78, 5) is 26.3. The number of halogens is 1. The lowest BCUT2D eigenvalue weighted by molar-refractivity contribution is -0.128. The number of rotatable bonds is 4. The number of carbonyl (C=O) groups excluding carboxylic acids is 2. The first-order chi connectivity index (χ1) is 12.8. The van der Waals surface area contributed by atoms with Crippen molar-refractivity contribution in [1.29, 1.82) is 0 Å². The lowest BCUT2D eigenvalue weighted by Crippen LogP contribution is -2.57. The van der Waals surface area contributed by atoms with Gasteiger partial charge in [-0.05, 0) is 30.5 Å². The van der Waals surface area contributed by atoms with E-state index in [1.54, 1.807) is 0 Å². The van der Waals surface area contributed by atoms with Crippen molar-refractivity contribution in [2.45, 2.75) is 49.5 Å². The normalized spacial score (nSPS) is 21.8. The molecule has 1 unspecified atom stereocenters. The van der Waals surface area contributed by atoms with Gasteiger partial charge in [-0.25, -0.2) is 17.9 Å². The molecule has 7 nitrogen and oxygen atoms in total. The van der Waals surface area contributed by atoms with Crippen LogP contribution in [-0.2, 0) is 14.8 Å². The molecule has 1 saturated carbocycles. The van der Waals surface area contributed by atoms with Crippen molar-refractivity contribution in [3.8, 4) is 0 Å². The molecule has 3 rings (SSSR count). The van der Waals surface area contributed by atoms with Crippen LogP contribution in [0.5, 0.6) is 0 Å². The van der Waals surface area contributed by atoms with Crippen molar-refractivity contribution in [1.82, 2.24) is 10.2 Å². The van der Waals surface area contributed by atoms with Gasteiger partial charge in [0.15, 0.2) is 0 Å². The summed E-state index contributed by atoms with van der Waals surface area (Å²) in [5.41, 5.74) is -0.259. The van der Waals surface area contributed by atoms with Crippen molar-refractivity contribution in [2.75, 3.05) is 13.1 Å². The molecule has 3 N–H and O–H groups in total. The number of amides is 2. The van der Waals surface area contributed by atoms with Crippen LogP contribution in [0.4, 0.5) is 4.39 Å². The van der Waals surface area contributed by atoms with Gasteiger partial charge in [-0.3, -0.25) is 9.59 Å². The third-order valence-corrected chi connectivity index (χ3v) is 6.28. The third kappa shape index (κ3) is 4.47. The predicted octanol–water partition coefficient (Wildman–Crippen LogP) is 1.38. The monoisotopic (exact) mass is 397 g/mol. The summed E-state index contributed by atoms with van der Waals surface area (Å²) in [6.45, 7) is 0.598. The van der Waals surface area contributed by atoms with Gasteiger partial charge in [0.25, 0.3) is 5.91 Å². The summed E-state index contributed by atoms with van der Waals surface area (Å²) in [5.74, 6) is -1.42. The van der Waals surface area contributed by atoms with Crippen molar-refractivity contribution >= 4 is 21.8 Å². The van der Waals surface area contributed by atoms with Crippen LogP contribution in [0.15, 0.2) is 23.1 Å². The smallest absolute Gasteiger partial charge is 0.257 e. The molecule has 2 fully saturated rings. The zero-order valence-corrected chi connectivity index (χ0v) is 15.8. The molecular weight excluding hydrogens is 373 g/mol. The fourth-order valence-corrected chi connectivity index (χ4v) is 4.46. The van der Waals surface area contributed by atoms with Gasteiger partial charge >= 0.3 is 0 Å². The molecule has 1 aromatic carbocycles. The molecule has 2 aliphatic rings. The van der Waals surface area contributed by atoms with Crippen LogP contribution in [-0.4, -0.2) is 44.3 Å². The Kier molecular flexibility index (Phi) is 5.81. The number of benzene rings is 1. The van der Waals surface area contributed by atoms with Crippen molar-refractivity contribution in [2.24, 2.45) is 11.1 Å². The number of hydrogen-bond donors (Lipinski definition) is 2. The van der Waals surface area contributed by atoms with Gasteiger partial charge in [-0.2, -0.15) is 0 Å². The summed E-state index contributed by atoms with van der Waals surface area (Å²) < 4.78 is 37.1. The topological polar surface area (TPSA) is 110 Å². The first-order valence-electron chi connectivity index (χ1n) is 9.18. The molecule has 1 heterocycles. The van der Waals surface area contributed by atoms with Crippen LogP contribution >= 0.6 is 0 Å². The largest absolute Gasteiger partial charge is 0.353 e. The van der Waals surface area contributed by atoms with E-state index >= 15 is 0 Å². The number of sulfonamides is 1. The molecular formula is C18H24FN3O4S. The number of nitrogens with zero attached hydrogens (tertiary/aromatic N) is 1. The summed E-state index contributed by atoms with van der Waals surface area (Å²) in [6, 6.07) is 2.32. The number of hydrogen-bond acceptors (Lipinski definition) is 4. The van der Waals surface area contributed by atoms with E-state index in [0.717, 1.165) is 43.9 Å². The highest BCUT2D eigenvalue weighted by atomic mass is 32.2. The molecule has 0 spiro atoms. The molecule has 27 heavy (non-hydrogen) atoms. The molecule has 0 radical (unpaired) electrons. The third-order valence-electron chi connectivity index (χ3n) is 5.37. The maximum absolute atomic E-state index is 14.4. The minimum Gasteiger partial charge on any atom is -0.353 e.